The lowest BCUT2D eigenvalue weighted by molar-refractivity contribution is -0.128. The molecule has 0 atom stereocenters. The Morgan fingerprint density at radius 1 is 1.47 bits per heavy atom. The molecule has 0 bridgehead atoms. The van der Waals surface area contributed by atoms with E-state index in [-0.39, 0.29) is 12.1 Å². The quantitative estimate of drug-likeness (QED) is 0.414. The summed E-state index contributed by atoms with van der Waals surface area (Å²) in [5.74, 6) is 0. The summed E-state index contributed by atoms with van der Waals surface area (Å²) in [4.78, 5) is 9.90. The van der Waals surface area contributed by atoms with E-state index >= 15 is 0 Å². The molecule has 0 unspecified atom stereocenters. The summed E-state index contributed by atoms with van der Waals surface area (Å²) in [5.41, 5.74) is 1.07. The highest BCUT2D eigenvalue weighted by Gasteiger charge is 2.15. The predicted octanol–water partition coefficient (Wildman–Crippen LogP) is -0.265. The minimum absolute atomic E-state index is 0.250. The molecule has 0 spiro atoms. The second kappa shape index (κ2) is 5.75. The largest absolute Gasteiger partial charge is 0.489 e. The van der Waals surface area contributed by atoms with Gasteiger partial charge in [0.1, 0.15) is 0 Å². The van der Waals surface area contributed by atoms with Gasteiger partial charge in [-0.2, -0.15) is 0 Å². The van der Waals surface area contributed by atoms with Crippen LogP contribution in [0, 0.1) is 0 Å². The maximum absolute atomic E-state index is 9.90. The lowest BCUT2D eigenvalue weighted by atomic mass is 9.79. The number of rotatable bonds is 5. The zero-order valence-electron chi connectivity index (χ0n) is 7.89. The first kappa shape index (κ1) is 12.0. The third-order valence-electron chi connectivity index (χ3n) is 1.92. The summed E-state index contributed by atoms with van der Waals surface area (Å²) in [6.45, 7) is 0.629. The van der Waals surface area contributed by atoms with Gasteiger partial charge in [0.25, 0.3) is 6.47 Å². The molecule has 6 heteroatoms. The molecule has 0 aliphatic heterocycles. The van der Waals surface area contributed by atoms with Gasteiger partial charge in [-0.05, 0) is 11.6 Å². The van der Waals surface area contributed by atoms with Crippen molar-refractivity contribution in [3.63, 3.8) is 0 Å². The molecule has 1 rings (SSSR count). The van der Waals surface area contributed by atoms with Crippen LogP contribution in [0.5, 0.6) is 0 Å². The molecule has 1 aromatic rings. The topological polar surface area (TPSA) is 66.8 Å². The van der Waals surface area contributed by atoms with E-state index in [1.54, 1.807) is 18.2 Å². The highest BCUT2D eigenvalue weighted by atomic mass is 35.5. The standard InChI is InChI=1S/C9H10BClO4/c11-9-2-1-7(3-4-15-6-12)5-8(9)10(13)14/h1-2,5-6,13-14H,3-4H2. The van der Waals surface area contributed by atoms with E-state index in [2.05, 4.69) is 4.74 Å². The molecule has 1 aromatic carbocycles. The lowest BCUT2D eigenvalue weighted by Gasteiger charge is -2.06. The van der Waals surface area contributed by atoms with Gasteiger partial charge < -0.3 is 14.8 Å². The average molecular weight is 228 g/mol. The first-order valence-corrected chi connectivity index (χ1v) is 4.72. The van der Waals surface area contributed by atoms with Crippen LogP contribution < -0.4 is 5.46 Å². The average Bonchev–Trinajstić information content (AvgIpc) is 2.20. The second-order valence-electron chi connectivity index (χ2n) is 2.95. The molecule has 0 saturated heterocycles. The number of carbonyl (C=O) groups is 1. The highest BCUT2D eigenvalue weighted by Crippen LogP contribution is 2.08. The first-order chi connectivity index (χ1) is 7.15. The molecule has 80 valence electrons. The zero-order chi connectivity index (χ0) is 11.3. The summed E-state index contributed by atoms with van der Waals surface area (Å²) in [7, 11) is -1.59. The number of benzene rings is 1. The zero-order valence-corrected chi connectivity index (χ0v) is 8.65. The summed E-state index contributed by atoms with van der Waals surface area (Å²) < 4.78 is 4.53. The third-order valence-corrected chi connectivity index (χ3v) is 2.26. The van der Waals surface area contributed by atoms with Gasteiger partial charge in [-0.1, -0.05) is 23.7 Å². The van der Waals surface area contributed by atoms with Gasteiger partial charge in [-0.25, -0.2) is 0 Å². The van der Waals surface area contributed by atoms with Crippen molar-refractivity contribution >= 4 is 30.7 Å². The van der Waals surface area contributed by atoms with Crippen LogP contribution in [0.1, 0.15) is 5.56 Å². The second-order valence-corrected chi connectivity index (χ2v) is 3.35. The summed E-state index contributed by atoms with van der Waals surface area (Å²) in [5, 5.41) is 18.3. The third kappa shape index (κ3) is 3.55. The van der Waals surface area contributed by atoms with Gasteiger partial charge in [0.15, 0.2) is 0 Å². The Hall–Kier alpha value is -1.04. The molecule has 0 saturated carbocycles. The fourth-order valence-corrected chi connectivity index (χ4v) is 1.39. The van der Waals surface area contributed by atoms with Crippen LogP contribution in [0.15, 0.2) is 18.2 Å². The number of hydrogen-bond acceptors (Lipinski definition) is 4. The highest BCUT2D eigenvalue weighted by molar-refractivity contribution is 6.62. The lowest BCUT2D eigenvalue weighted by Crippen LogP contribution is -2.31. The number of halogens is 1. The first-order valence-electron chi connectivity index (χ1n) is 4.35. The molecular weight excluding hydrogens is 218 g/mol. The van der Waals surface area contributed by atoms with Crippen LogP contribution in [0.4, 0.5) is 0 Å². The van der Waals surface area contributed by atoms with Crippen molar-refractivity contribution in [2.75, 3.05) is 6.61 Å². The van der Waals surface area contributed by atoms with Gasteiger partial charge >= 0.3 is 7.12 Å². The molecule has 15 heavy (non-hydrogen) atoms. The van der Waals surface area contributed by atoms with Crippen LogP contribution in [-0.2, 0) is 16.0 Å². The Morgan fingerprint density at radius 3 is 2.80 bits per heavy atom. The van der Waals surface area contributed by atoms with Crippen LogP contribution in [-0.4, -0.2) is 30.2 Å². The van der Waals surface area contributed by atoms with Gasteiger partial charge in [0.2, 0.25) is 0 Å². The van der Waals surface area contributed by atoms with Crippen LogP contribution in [0.2, 0.25) is 5.02 Å². The molecule has 0 radical (unpaired) electrons. The van der Waals surface area contributed by atoms with Crippen molar-refractivity contribution in [2.24, 2.45) is 0 Å². The van der Waals surface area contributed by atoms with E-state index < -0.39 is 7.12 Å². The molecule has 0 fully saturated rings. The molecule has 2 N–H and O–H groups in total. The van der Waals surface area contributed by atoms with Crippen molar-refractivity contribution in [1.29, 1.82) is 0 Å². The molecule has 0 aliphatic carbocycles. The predicted molar refractivity (Wildman–Crippen MR) is 57.0 cm³/mol. The Bertz CT molecular complexity index is 343. The molecule has 0 aliphatic rings. The Kier molecular flexibility index (Phi) is 4.61. The Morgan fingerprint density at radius 2 is 2.20 bits per heavy atom. The van der Waals surface area contributed by atoms with Gasteiger partial charge in [0.05, 0.1) is 6.61 Å². The smallest absolute Gasteiger partial charge is 0.468 e. The summed E-state index contributed by atoms with van der Waals surface area (Å²) >= 11 is 5.75. The maximum atomic E-state index is 9.90. The summed E-state index contributed by atoms with van der Waals surface area (Å²) in [6, 6.07) is 4.89. The van der Waals surface area contributed by atoms with Gasteiger partial charge in [-0.15, -0.1) is 0 Å². The van der Waals surface area contributed by atoms with Crippen molar-refractivity contribution < 1.29 is 19.6 Å². The van der Waals surface area contributed by atoms with Crippen molar-refractivity contribution in [1.82, 2.24) is 0 Å². The number of carbonyl (C=O) groups excluding carboxylic acids is 1. The normalized spacial score (nSPS) is 9.80. The number of hydrogen-bond donors (Lipinski definition) is 2. The van der Waals surface area contributed by atoms with Crippen LogP contribution in [0.3, 0.4) is 0 Å². The van der Waals surface area contributed by atoms with Crippen LogP contribution in [0.25, 0.3) is 0 Å². The molecular formula is C9H10BClO4. The van der Waals surface area contributed by atoms with Gasteiger partial charge in [-0.3, -0.25) is 4.79 Å². The Labute approximate surface area is 92.6 Å². The van der Waals surface area contributed by atoms with Crippen LogP contribution >= 0.6 is 11.6 Å². The fraction of sp³-hybridized carbons (Fsp3) is 0.222. The monoisotopic (exact) mass is 228 g/mol. The van der Waals surface area contributed by atoms with E-state index in [1.807, 2.05) is 0 Å². The minimum atomic E-state index is -1.59. The van der Waals surface area contributed by atoms with E-state index in [4.69, 9.17) is 21.6 Å². The van der Waals surface area contributed by atoms with E-state index in [0.29, 0.717) is 17.9 Å². The molecule has 0 amide bonds. The maximum Gasteiger partial charge on any atom is 0.489 e. The fourth-order valence-electron chi connectivity index (χ4n) is 1.17. The van der Waals surface area contributed by atoms with Gasteiger partial charge in [0, 0.05) is 16.9 Å². The van der Waals surface area contributed by atoms with E-state index in [9.17, 15) is 4.79 Å². The Balaban J connectivity index is 2.74. The SMILES string of the molecule is O=COCCc1ccc(Cl)c(B(O)O)c1. The summed E-state index contributed by atoms with van der Waals surface area (Å²) in [6.07, 6.45) is 0.510. The van der Waals surface area contributed by atoms with Crippen molar-refractivity contribution in [2.45, 2.75) is 6.42 Å². The van der Waals surface area contributed by atoms with Crippen molar-refractivity contribution in [3.05, 3.63) is 28.8 Å². The minimum Gasteiger partial charge on any atom is -0.468 e. The number of ether oxygens (including phenoxy) is 1. The molecule has 0 aromatic heterocycles. The van der Waals surface area contributed by atoms with E-state index in [0.717, 1.165) is 5.56 Å². The molecule has 4 nitrogen and oxygen atoms in total. The van der Waals surface area contributed by atoms with E-state index in [1.165, 1.54) is 0 Å². The molecule has 0 heterocycles. The van der Waals surface area contributed by atoms with Crippen molar-refractivity contribution in [3.8, 4) is 0 Å².